The van der Waals surface area contributed by atoms with Crippen molar-refractivity contribution >= 4 is 16.8 Å². The van der Waals surface area contributed by atoms with Crippen molar-refractivity contribution in [1.29, 1.82) is 0 Å². The van der Waals surface area contributed by atoms with Crippen LogP contribution in [0.5, 0.6) is 0 Å². The first-order chi connectivity index (χ1) is 12.6. The Bertz CT molecular complexity index is 1040. The van der Waals surface area contributed by atoms with Crippen LogP contribution in [0.2, 0.25) is 0 Å². The van der Waals surface area contributed by atoms with Gasteiger partial charge in [-0.3, -0.25) is 14.2 Å². The monoisotopic (exact) mass is 347 g/mol. The molecule has 132 valence electrons. The second-order valence-electron chi connectivity index (χ2n) is 6.82. The van der Waals surface area contributed by atoms with Crippen molar-refractivity contribution in [3.8, 4) is 0 Å². The van der Waals surface area contributed by atoms with Gasteiger partial charge < -0.3 is 5.32 Å². The van der Waals surface area contributed by atoms with E-state index >= 15 is 0 Å². The van der Waals surface area contributed by atoms with Gasteiger partial charge in [0.1, 0.15) is 0 Å². The molecule has 1 heterocycles. The summed E-state index contributed by atoms with van der Waals surface area (Å²) in [6.45, 7) is 2.27. The van der Waals surface area contributed by atoms with Gasteiger partial charge >= 0.3 is 0 Å². The molecule has 1 aliphatic carbocycles. The summed E-state index contributed by atoms with van der Waals surface area (Å²) in [7, 11) is 0. The molecule has 0 saturated heterocycles. The Hall–Kier alpha value is -2.95. The molecule has 2 aromatic carbocycles. The third-order valence-electron chi connectivity index (χ3n) is 5.10. The highest BCUT2D eigenvalue weighted by atomic mass is 16.2. The van der Waals surface area contributed by atoms with Gasteiger partial charge in [0, 0.05) is 13.0 Å². The van der Waals surface area contributed by atoms with Gasteiger partial charge in [0.15, 0.2) is 0 Å². The Morgan fingerprint density at radius 2 is 2.08 bits per heavy atom. The Kier molecular flexibility index (Phi) is 4.29. The minimum Gasteiger partial charge on any atom is -0.349 e. The van der Waals surface area contributed by atoms with Gasteiger partial charge in [-0.05, 0) is 42.5 Å². The topological polar surface area (TPSA) is 64.0 Å². The van der Waals surface area contributed by atoms with Crippen LogP contribution in [0.1, 0.15) is 35.6 Å². The van der Waals surface area contributed by atoms with E-state index in [0.717, 1.165) is 23.9 Å². The van der Waals surface area contributed by atoms with E-state index in [1.807, 2.05) is 31.2 Å². The Morgan fingerprint density at radius 1 is 1.23 bits per heavy atom. The first-order valence-electron chi connectivity index (χ1n) is 8.95. The Balaban J connectivity index is 1.45. The lowest BCUT2D eigenvalue weighted by Crippen LogP contribution is -2.29. The van der Waals surface area contributed by atoms with E-state index in [1.165, 1.54) is 22.0 Å². The van der Waals surface area contributed by atoms with Crippen LogP contribution in [-0.4, -0.2) is 15.5 Å². The summed E-state index contributed by atoms with van der Waals surface area (Å²) in [5.74, 6) is -0.0389. The zero-order chi connectivity index (χ0) is 18.1. The number of fused-ring (bicyclic) bond motifs is 2. The quantitative estimate of drug-likeness (QED) is 0.789. The maximum absolute atomic E-state index is 12.6. The third kappa shape index (κ3) is 3.01. The van der Waals surface area contributed by atoms with Crippen LogP contribution in [-0.2, 0) is 17.8 Å². The number of aryl methyl sites for hydroxylation is 3. The summed E-state index contributed by atoms with van der Waals surface area (Å²) in [4.78, 5) is 29.3. The van der Waals surface area contributed by atoms with Crippen molar-refractivity contribution in [2.75, 3.05) is 0 Å². The van der Waals surface area contributed by atoms with Crippen molar-refractivity contribution in [2.24, 2.45) is 0 Å². The summed E-state index contributed by atoms with van der Waals surface area (Å²) in [5.41, 5.74) is 4.12. The Morgan fingerprint density at radius 3 is 2.96 bits per heavy atom. The van der Waals surface area contributed by atoms with E-state index in [4.69, 9.17) is 0 Å². The second-order valence-corrected chi connectivity index (χ2v) is 6.82. The number of carbonyl (C=O) groups excluding carboxylic acids is 1. The number of aromatic nitrogens is 2. The van der Waals surface area contributed by atoms with Crippen molar-refractivity contribution in [3.63, 3.8) is 0 Å². The van der Waals surface area contributed by atoms with Crippen molar-refractivity contribution in [2.45, 2.75) is 38.8 Å². The largest absolute Gasteiger partial charge is 0.349 e. The van der Waals surface area contributed by atoms with Crippen LogP contribution in [0.25, 0.3) is 10.9 Å². The van der Waals surface area contributed by atoms with Crippen LogP contribution in [0, 0.1) is 6.92 Å². The zero-order valence-electron chi connectivity index (χ0n) is 14.7. The number of amides is 1. The zero-order valence-corrected chi connectivity index (χ0v) is 14.7. The van der Waals surface area contributed by atoms with Crippen LogP contribution in [0.15, 0.2) is 53.6 Å². The molecule has 1 unspecified atom stereocenters. The lowest BCUT2D eigenvalue weighted by Gasteiger charge is -2.14. The summed E-state index contributed by atoms with van der Waals surface area (Å²) in [6.07, 6.45) is 3.73. The van der Waals surface area contributed by atoms with E-state index in [0.29, 0.717) is 11.9 Å². The fraction of sp³-hybridized carbons (Fsp3) is 0.286. The van der Waals surface area contributed by atoms with Crippen LogP contribution in [0.3, 0.4) is 0 Å². The molecule has 26 heavy (non-hydrogen) atoms. The first kappa shape index (κ1) is 16.5. The molecular formula is C21H21N3O2. The molecule has 0 bridgehead atoms. The summed E-state index contributed by atoms with van der Waals surface area (Å²) in [5, 5.41) is 3.69. The van der Waals surface area contributed by atoms with Gasteiger partial charge in [-0.2, -0.15) is 0 Å². The van der Waals surface area contributed by atoms with E-state index in [-0.39, 0.29) is 23.9 Å². The second kappa shape index (κ2) is 6.75. The molecule has 1 atom stereocenters. The molecule has 1 amide bonds. The molecule has 3 aromatic rings. The number of carbonyl (C=O) groups is 1. The highest BCUT2D eigenvalue weighted by Crippen LogP contribution is 2.30. The van der Waals surface area contributed by atoms with Gasteiger partial charge in [-0.1, -0.05) is 36.4 Å². The average molecular weight is 347 g/mol. The summed E-state index contributed by atoms with van der Waals surface area (Å²) >= 11 is 0. The highest BCUT2D eigenvalue weighted by Gasteiger charge is 2.23. The van der Waals surface area contributed by atoms with Gasteiger partial charge in [-0.25, -0.2) is 4.98 Å². The van der Waals surface area contributed by atoms with Gasteiger partial charge in [-0.15, -0.1) is 0 Å². The lowest BCUT2D eigenvalue weighted by atomic mass is 10.1. The number of hydrogen-bond acceptors (Lipinski definition) is 3. The highest BCUT2D eigenvalue weighted by molar-refractivity contribution is 5.80. The van der Waals surface area contributed by atoms with E-state index in [2.05, 4.69) is 22.4 Å². The van der Waals surface area contributed by atoms with Crippen molar-refractivity contribution in [3.05, 3.63) is 75.8 Å². The number of rotatable bonds is 4. The Labute approximate surface area is 151 Å². The molecule has 0 radical (unpaired) electrons. The minimum absolute atomic E-state index is 0.0389. The molecule has 1 N–H and O–H groups in total. The molecular weight excluding hydrogens is 326 g/mol. The molecule has 0 aliphatic heterocycles. The fourth-order valence-corrected chi connectivity index (χ4v) is 3.69. The maximum atomic E-state index is 12.6. The molecule has 5 nitrogen and oxygen atoms in total. The first-order valence-corrected chi connectivity index (χ1v) is 8.95. The van der Waals surface area contributed by atoms with E-state index in [9.17, 15) is 9.59 Å². The number of nitrogens with zero attached hydrogens (tertiary/aromatic N) is 2. The molecule has 1 aromatic heterocycles. The average Bonchev–Trinajstić information content (AvgIpc) is 3.05. The summed E-state index contributed by atoms with van der Waals surface area (Å²) < 4.78 is 1.52. The number of nitrogens with one attached hydrogen (secondary N) is 1. The molecule has 0 saturated carbocycles. The fourth-order valence-electron chi connectivity index (χ4n) is 3.69. The van der Waals surface area contributed by atoms with E-state index in [1.54, 1.807) is 6.07 Å². The SMILES string of the molecule is Cc1cccc2c(=O)n(CCC(=O)NC3CCc4ccccc43)cnc12. The molecule has 4 rings (SSSR count). The lowest BCUT2D eigenvalue weighted by molar-refractivity contribution is -0.122. The van der Waals surface area contributed by atoms with E-state index < -0.39 is 0 Å². The number of hydrogen-bond donors (Lipinski definition) is 1. The van der Waals surface area contributed by atoms with Crippen LogP contribution in [0.4, 0.5) is 0 Å². The van der Waals surface area contributed by atoms with Gasteiger partial charge in [0.25, 0.3) is 5.56 Å². The molecule has 0 fully saturated rings. The number of benzene rings is 2. The molecule has 5 heteroatoms. The molecule has 1 aliphatic rings. The number of para-hydroxylation sites is 1. The van der Waals surface area contributed by atoms with Gasteiger partial charge in [0.05, 0.1) is 23.3 Å². The smallest absolute Gasteiger partial charge is 0.261 e. The predicted octanol–water partition coefficient (Wildman–Crippen LogP) is 2.90. The van der Waals surface area contributed by atoms with Crippen LogP contribution >= 0.6 is 0 Å². The van der Waals surface area contributed by atoms with Crippen molar-refractivity contribution < 1.29 is 4.79 Å². The normalized spacial score (nSPS) is 15.8. The van der Waals surface area contributed by atoms with Crippen LogP contribution < -0.4 is 10.9 Å². The molecule has 0 spiro atoms. The standard InChI is InChI=1S/C21H21N3O2/c1-14-5-4-8-17-20(14)22-13-24(21(17)26)12-11-19(25)23-18-10-9-15-6-2-3-7-16(15)18/h2-8,13,18H,9-12H2,1H3,(H,23,25). The predicted molar refractivity (Wildman–Crippen MR) is 101 cm³/mol. The van der Waals surface area contributed by atoms with Gasteiger partial charge in [0.2, 0.25) is 5.91 Å². The van der Waals surface area contributed by atoms with Crippen molar-refractivity contribution in [1.82, 2.24) is 14.9 Å². The maximum Gasteiger partial charge on any atom is 0.261 e. The third-order valence-corrected chi connectivity index (χ3v) is 5.10. The summed E-state index contributed by atoms with van der Waals surface area (Å²) in [6, 6.07) is 13.9. The minimum atomic E-state index is -0.0993.